The predicted molar refractivity (Wildman–Crippen MR) is 140 cm³/mol. The Morgan fingerprint density at radius 2 is 1.88 bits per heavy atom. The minimum absolute atomic E-state index is 0.193. The van der Waals surface area contributed by atoms with Crippen molar-refractivity contribution in [3.05, 3.63) is 59.5 Å². The molecular weight excluding hydrogens is 470 g/mol. The van der Waals surface area contributed by atoms with Crippen molar-refractivity contribution in [1.82, 2.24) is 15.3 Å². The Labute approximate surface area is 204 Å². The van der Waals surface area contributed by atoms with Gasteiger partial charge in [0.05, 0.1) is 11.3 Å². The van der Waals surface area contributed by atoms with Crippen molar-refractivity contribution in [2.24, 2.45) is 0 Å². The number of nitrogens with two attached hydrogens (primary N) is 1. The summed E-state index contributed by atoms with van der Waals surface area (Å²) in [5, 5.41) is 14.3. The van der Waals surface area contributed by atoms with Crippen molar-refractivity contribution in [3.8, 4) is 21.1 Å². The van der Waals surface area contributed by atoms with Crippen molar-refractivity contribution in [1.29, 1.82) is 0 Å². The Morgan fingerprint density at radius 3 is 2.68 bits per heavy atom. The first-order valence-electron chi connectivity index (χ1n) is 10.4. The number of thiazole rings is 2. The van der Waals surface area contributed by atoms with Gasteiger partial charge in [-0.2, -0.15) is 0 Å². The number of rotatable bonds is 7. The van der Waals surface area contributed by atoms with Gasteiger partial charge in [-0.15, -0.1) is 11.3 Å². The van der Waals surface area contributed by atoms with Gasteiger partial charge in [-0.25, -0.2) is 14.8 Å². The summed E-state index contributed by atoms with van der Waals surface area (Å²) < 4.78 is 0. The zero-order chi connectivity index (χ0) is 24.1. The number of nitrogens with one attached hydrogen (secondary N) is 4. The van der Waals surface area contributed by atoms with Crippen LogP contribution in [0.1, 0.15) is 17.3 Å². The van der Waals surface area contributed by atoms with Gasteiger partial charge in [0, 0.05) is 35.9 Å². The van der Waals surface area contributed by atoms with Crippen LogP contribution in [0.2, 0.25) is 0 Å². The predicted octanol–water partition coefficient (Wildman–Crippen LogP) is 4.95. The fraction of sp³-hybridized carbons (Fsp3) is 0.130. The molecule has 0 atom stereocenters. The number of nitrogen functional groups attached to an aromatic ring is 1. The summed E-state index contributed by atoms with van der Waals surface area (Å²) >= 11 is 2.69. The fourth-order valence-corrected chi connectivity index (χ4v) is 5.00. The number of para-hydroxylation sites is 1. The van der Waals surface area contributed by atoms with E-state index in [-0.39, 0.29) is 11.9 Å². The van der Waals surface area contributed by atoms with Crippen LogP contribution in [0.15, 0.2) is 53.9 Å². The molecule has 0 aliphatic heterocycles. The lowest BCUT2D eigenvalue weighted by atomic mass is 10.1. The monoisotopic (exact) mass is 493 g/mol. The number of anilines is 4. The summed E-state index contributed by atoms with van der Waals surface area (Å²) in [5.41, 5.74) is 9.68. The van der Waals surface area contributed by atoms with Crippen LogP contribution in [-0.4, -0.2) is 35.5 Å². The Morgan fingerprint density at radius 1 is 1.06 bits per heavy atom. The molecule has 174 valence electrons. The van der Waals surface area contributed by atoms with Crippen LogP contribution in [-0.2, 0) is 0 Å². The van der Waals surface area contributed by atoms with E-state index in [4.69, 9.17) is 10.7 Å². The molecule has 2 heterocycles. The maximum Gasteiger partial charge on any atom is 0.320 e. The third-order valence-corrected chi connectivity index (χ3v) is 6.74. The standard InChI is InChI=1S/C23H23N7O2S2/c1-3-26-16-10-5-4-9-15(16)20(31)27-14-8-6-7-13(11-14)17-12-33-21(28-17)18-19(24)29-23(34-18)30-22(32)25-2/h4-12,26H,3,24H2,1-2H3,(H,27,31)(H2,25,29,30,32). The van der Waals surface area contributed by atoms with Crippen molar-refractivity contribution < 1.29 is 9.59 Å². The summed E-state index contributed by atoms with van der Waals surface area (Å²) in [6, 6.07) is 14.5. The quantitative estimate of drug-likeness (QED) is 0.247. The summed E-state index contributed by atoms with van der Waals surface area (Å²) in [4.78, 5) is 34.0. The topological polar surface area (TPSA) is 134 Å². The highest BCUT2D eigenvalue weighted by Crippen LogP contribution is 2.38. The van der Waals surface area contributed by atoms with Gasteiger partial charge in [0.1, 0.15) is 15.7 Å². The zero-order valence-electron chi connectivity index (χ0n) is 18.5. The molecule has 0 saturated heterocycles. The van der Waals surface area contributed by atoms with Crippen LogP contribution in [0.3, 0.4) is 0 Å². The Bertz CT molecular complexity index is 1330. The van der Waals surface area contributed by atoms with Gasteiger partial charge in [0.25, 0.3) is 5.91 Å². The summed E-state index contributed by atoms with van der Waals surface area (Å²) in [7, 11) is 1.53. The molecule has 11 heteroatoms. The van der Waals surface area contributed by atoms with Crippen LogP contribution in [0, 0.1) is 0 Å². The highest BCUT2D eigenvalue weighted by Gasteiger charge is 2.17. The normalized spacial score (nSPS) is 10.5. The third-order valence-electron chi connectivity index (χ3n) is 4.75. The lowest BCUT2D eigenvalue weighted by molar-refractivity contribution is 0.102. The smallest absolute Gasteiger partial charge is 0.320 e. The van der Waals surface area contributed by atoms with E-state index in [2.05, 4.69) is 26.3 Å². The molecule has 4 rings (SSSR count). The number of hydrogen-bond acceptors (Lipinski definition) is 8. The van der Waals surface area contributed by atoms with Gasteiger partial charge in [-0.3, -0.25) is 10.1 Å². The number of carbonyl (C=O) groups is 2. The fourth-order valence-electron chi connectivity index (χ4n) is 3.19. The summed E-state index contributed by atoms with van der Waals surface area (Å²) in [6.07, 6.45) is 0. The van der Waals surface area contributed by atoms with Gasteiger partial charge in [0.15, 0.2) is 5.13 Å². The van der Waals surface area contributed by atoms with Gasteiger partial charge in [-0.05, 0) is 31.2 Å². The molecule has 4 aromatic rings. The van der Waals surface area contributed by atoms with Gasteiger partial charge < -0.3 is 21.7 Å². The van der Waals surface area contributed by atoms with Crippen molar-refractivity contribution >= 4 is 56.9 Å². The van der Waals surface area contributed by atoms with E-state index >= 15 is 0 Å². The second-order valence-corrected chi connectivity index (χ2v) is 8.94. The van der Waals surface area contributed by atoms with Crippen LogP contribution < -0.4 is 27.0 Å². The average Bonchev–Trinajstić information content (AvgIpc) is 3.46. The zero-order valence-corrected chi connectivity index (χ0v) is 20.1. The Kier molecular flexibility index (Phi) is 7.04. The lowest BCUT2D eigenvalue weighted by Gasteiger charge is -2.11. The second kappa shape index (κ2) is 10.3. The second-order valence-electron chi connectivity index (χ2n) is 7.09. The maximum absolute atomic E-state index is 12.9. The Balaban J connectivity index is 1.53. The van der Waals surface area contributed by atoms with E-state index in [9.17, 15) is 9.59 Å². The molecule has 2 aromatic heterocycles. The van der Waals surface area contributed by atoms with E-state index in [1.807, 2.05) is 54.8 Å². The van der Waals surface area contributed by atoms with Gasteiger partial charge in [-0.1, -0.05) is 35.6 Å². The molecule has 0 saturated carbocycles. The SMILES string of the molecule is CCNc1ccccc1C(=O)Nc1cccc(-c2csc(-c3sc(NC(=O)NC)nc3N)n2)c1. The largest absolute Gasteiger partial charge is 0.385 e. The van der Waals surface area contributed by atoms with E-state index in [1.54, 1.807) is 6.07 Å². The minimum Gasteiger partial charge on any atom is -0.385 e. The van der Waals surface area contributed by atoms with Crippen LogP contribution in [0.5, 0.6) is 0 Å². The van der Waals surface area contributed by atoms with Crippen molar-refractivity contribution in [3.63, 3.8) is 0 Å². The van der Waals surface area contributed by atoms with E-state index in [0.29, 0.717) is 32.1 Å². The highest BCUT2D eigenvalue weighted by atomic mass is 32.1. The maximum atomic E-state index is 12.9. The molecule has 0 spiro atoms. The summed E-state index contributed by atoms with van der Waals surface area (Å²) in [6.45, 7) is 2.71. The molecule has 9 nitrogen and oxygen atoms in total. The van der Waals surface area contributed by atoms with Crippen LogP contribution in [0.25, 0.3) is 21.1 Å². The Hall–Kier alpha value is -3.96. The lowest BCUT2D eigenvalue weighted by Crippen LogP contribution is -2.24. The third kappa shape index (κ3) is 5.16. The van der Waals surface area contributed by atoms with E-state index in [1.165, 1.54) is 29.7 Å². The number of urea groups is 1. The van der Waals surface area contributed by atoms with Gasteiger partial charge in [0.2, 0.25) is 0 Å². The van der Waals surface area contributed by atoms with Crippen molar-refractivity contribution in [2.75, 3.05) is 35.3 Å². The molecule has 0 unspecified atom stereocenters. The number of carbonyl (C=O) groups excluding carboxylic acids is 2. The van der Waals surface area contributed by atoms with Crippen molar-refractivity contribution in [2.45, 2.75) is 6.92 Å². The van der Waals surface area contributed by atoms with E-state index < -0.39 is 0 Å². The van der Waals surface area contributed by atoms with Gasteiger partial charge >= 0.3 is 6.03 Å². The molecule has 6 N–H and O–H groups in total. The van der Waals surface area contributed by atoms with E-state index in [0.717, 1.165) is 23.5 Å². The number of benzene rings is 2. The molecule has 2 aromatic carbocycles. The molecule has 34 heavy (non-hydrogen) atoms. The molecule has 0 fully saturated rings. The average molecular weight is 494 g/mol. The summed E-state index contributed by atoms with van der Waals surface area (Å²) in [5.74, 6) is 0.110. The first-order chi connectivity index (χ1) is 16.5. The number of aromatic nitrogens is 2. The molecule has 0 aliphatic rings. The number of nitrogens with zero attached hydrogens (tertiary/aromatic N) is 2. The molecular formula is C23H23N7O2S2. The molecule has 0 bridgehead atoms. The van der Waals surface area contributed by atoms with Crippen LogP contribution >= 0.6 is 22.7 Å². The minimum atomic E-state index is -0.368. The molecule has 0 aliphatic carbocycles. The number of hydrogen-bond donors (Lipinski definition) is 5. The highest BCUT2D eigenvalue weighted by molar-refractivity contribution is 7.23. The first-order valence-corrected chi connectivity index (χ1v) is 12.1. The molecule has 0 radical (unpaired) electrons. The van der Waals surface area contributed by atoms with Crippen LogP contribution in [0.4, 0.5) is 27.1 Å². The first kappa shape index (κ1) is 23.2. The number of amides is 3. The molecule has 3 amide bonds.